The van der Waals surface area contributed by atoms with E-state index < -0.39 is 0 Å². The molecule has 5 nitrogen and oxygen atoms in total. The highest BCUT2D eigenvalue weighted by molar-refractivity contribution is 5.93. The van der Waals surface area contributed by atoms with Crippen LogP contribution in [0.25, 0.3) is 0 Å². The van der Waals surface area contributed by atoms with E-state index in [2.05, 4.69) is 15.3 Å². The van der Waals surface area contributed by atoms with E-state index in [4.69, 9.17) is 5.73 Å². The molecule has 1 aliphatic rings. The number of rotatable bonds is 3. The van der Waals surface area contributed by atoms with Gasteiger partial charge in [0.25, 0.3) is 5.91 Å². The van der Waals surface area contributed by atoms with Gasteiger partial charge in [-0.05, 0) is 31.6 Å². The molecule has 0 spiro atoms. The van der Waals surface area contributed by atoms with Crippen LogP contribution in [-0.2, 0) is 0 Å². The van der Waals surface area contributed by atoms with E-state index in [0.717, 1.165) is 32.2 Å². The Morgan fingerprint density at radius 1 is 1.29 bits per heavy atom. The molecule has 5 heteroatoms. The Hall–Kier alpha value is -1.49. The average molecular weight is 234 g/mol. The van der Waals surface area contributed by atoms with Gasteiger partial charge in [-0.2, -0.15) is 0 Å². The SMILES string of the molecule is NC1CCC(CNC(=O)c2cncnc2)CC1. The third-order valence-corrected chi connectivity index (χ3v) is 3.27. The Bertz CT molecular complexity index is 360. The Kier molecular flexibility index (Phi) is 4.03. The van der Waals surface area contributed by atoms with Crippen molar-refractivity contribution >= 4 is 5.91 Å². The van der Waals surface area contributed by atoms with Crippen LogP contribution in [0, 0.1) is 5.92 Å². The molecule has 3 N–H and O–H groups in total. The maximum atomic E-state index is 11.7. The zero-order chi connectivity index (χ0) is 12.1. The van der Waals surface area contributed by atoms with Crippen LogP contribution in [0.3, 0.4) is 0 Å². The Morgan fingerprint density at radius 2 is 1.94 bits per heavy atom. The zero-order valence-electron chi connectivity index (χ0n) is 9.80. The molecular formula is C12H18N4O. The minimum Gasteiger partial charge on any atom is -0.352 e. The Morgan fingerprint density at radius 3 is 2.59 bits per heavy atom. The molecule has 1 aliphatic carbocycles. The van der Waals surface area contributed by atoms with Gasteiger partial charge in [-0.25, -0.2) is 9.97 Å². The molecule has 0 radical (unpaired) electrons. The van der Waals surface area contributed by atoms with E-state index in [9.17, 15) is 4.79 Å². The van der Waals surface area contributed by atoms with Gasteiger partial charge in [-0.1, -0.05) is 0 Å². The van der Waals surface area contributed by atoms with Gasteiger partial charge in [0.05, 0.1) is 5.56 Å². The summed E-state index contributed by atoms with van der Waals surface area (Å²) < 4.78 is 0. The first kappa shape index (κ1) is 12.0. The van der Waals surface area contributed by atoms with Crippen molar-refractivity contribution in [2.24, 2.45) is 11.7 Å². The molecule has 1 aromatic rings. The second-order valence-corrected chi connectivity index (χ2v) is 4.62. The van der Waals surface area contributed by atoms with Gasteiger partial charge in [0.1, 0.15) is 6.33 Å². The fourth-order valence-electron chi connectivity index (χ4n) is 2.15. The molecule has 2 rings (SSSR count). The van der Waals surface area contributed by atoms with Crippen LogP contribution >= 0.6 is 0 Å². The summed E-state index contributed by atoms with van der Waals surface area (Å²) in [5.41, 5.74) is 6.35. The molecule has 0 unspecified atom stereocenters. The maximum absolute atomic E-state index is 11.7. The highest BCUT2D eigenvalue weighted by Gasteiger charge is 2.19. The lowest BCUT2D eigenvalue weighted by molar-refractivity contribution is 0.0942. The molecule has 0 aromatic carbocycles. The van der Waals surface area contributed by atoms with E-state index in [1.54, 1.807) is 0 Å². The zero-order valence-corrected chi connectivity index (χ0v) is 9.80. The van der Waals surface area contributed by atoms with Gasteiger partial charge in [0.15, 0.2) is 0 Å². The van der Waals surface area contributed by atoms with Gasteiger partial charge in [0.2, 0.25) is 0 Å². The van der Waals surface area contributed by atoms with E-state index in [1.807, 2.05) is 0 Å². The molecule has 17 heavy (non-hydrogen) atoms. The van der Waals surface area contributed by atoms with Crippen molar-refractivity contribution in [1.29, 1.82) is 0 Å². The fourth-order valence-corrected chi connectivity index (χ4v) is 2.15. The van der Waals surface area contributed by atoms with Crippen molar-refractivity contribution in [3.63, 3.8) is 0 Å². The first-order valence-corrected chi connectivity index (χ1v) is 6.04. The van der Waals surface area contributed by atoms with Crippen molar-refractivity contribution in [3.8, 4) is 0 Å². The van der Waals surface area contributed by atoms with Gasteiger partial charge >= 0.3 is 0 Å². The summed E-state index contributed by atoms with van der Waals surface area (Å²) in [5.74, 6) is 0.462. The topological polar surface area (TPSA) is 80.9 Å². The molecule has 1 fully saturated rings. The van der Waals surface area contributed by atoms with Crippen LogP contribution in [0.2, 0.25) is 0 Å². The van der Waals surface area contributed by atoms with Gasteiger partial charge in [0, 0.05) is 25.0 Å². The summed E-state index contributed by atoms with van der Waals surface area (Å²) in [6.07, 6.45) is 8.81. The molecule has 0 saturated heterocycles. The van der Waals surface area contributed by atoms with Gasteiger partial charge in [-0.3, -0.25) is 4.79 Å². The third kappa shape index (κ3) is 3.49. The molecule has 1 saturated carbocycles. The number of carbonyl (C=O) groups is 1. The third-order valence-electron chi connectivity index (χ3n) is 3.27. The number of nitrogens with zero attached hydrogens (tertiary/aromatic N) is 2. The van der Waals surface area contributed by atoms with E-state index in [1.165, 1.54) is 18.7 Å². The van der Waals surface area contributed by atoms with Crippen LogP contribution in [0.1, 0.15) is 36.0 Å². The number of hydrogen-bond donors (Lipinski definition) is 2. The normalized spacial score (nSPS) is 24.3. The molecule has 1 amide bonds. The summed E-state index contributed by atoms with van der Waals surface area (Å²) in [6, 6.07) is 0.351. The largest absolute Gasteiger partial charge is 0.352 e. The van der Waals surface area contributed by atoms with Crippen molar-refractivity contribution in [2.75, 3.05) is 6.54 Å². The van der Waals surface area contributed by atoms with Crippen molar-refractivity contribution in [1.82, 2.24) is 15.3 Å². The smallest absolute Gasteiger partial charge is 0.254 e. The predicted octanol–water partition coefficient (Wildman–Crippen LogP) is 0.724. The van der Waals surface area contributed by atoms with Crippen LogP contribution in [0.15, 0.2) is 18.7 Å². The number of carbonyl (C=O) groups excluding carboxylic acids is 1. The van der Waals surface area contributed by atoms with Crippen molar-refractivity contribution < 1.29 is 4.79 Å². The lowest BCUT2D eigenvalue weighted by atomic mass is 9.86. The molecule has 1 heterocycles. The predicted molar refractivity (Wildman–Crippen MR) is 64.3 cm³/mol. The lowest BCUT2D eigenvalue weighted by Crippen LogP contribution is -2.34. The highest BCUT2D eigenvalue weighted by Crippen LogP contribution is 2.22. The number of hydrogen-bond acceptors (Lipinski definition) is 4. The summed E-state index contributed by atoms with van der Waals surface area (Å²) in [5, 5.41) is 2.92. The van der Waals surface area contributed by atoms with E-state index >= 15 is 0 Å². The summed E-state index contributed by atoms with van der Waals surface area (Å²) >= 11 is 0. The average Bonchev–Trinajstić information content (AvgIpc) is 2.39. The molecule has 0 bridgehead atoms. The van der Waals surface area contributed by atoms with Crippen LogP contribution in [0.4, 0.5) is 0 Å². The number of nitrogens with one attached hydrogen (secondary N) is 1. The lowest BCUT2D eigenvalue weighted by Gasteiger charge is -2.26. The molecule has 0 atom stereocenters. The van der Waals surface area contributed by atoms with Crippen molar-refractivity contribution in [3.05, 3.63) is 24.3 Å². The summed E-state index contributed by atoms with van der Waals surface area (Å²) in [4.78, 5) is 19.4. The van der Waals surface area contributed by atoms with Crippen LogP contribution < -0.4 is 11.1 Å². The van der Waals surface area contributed by atoms with E-state index in [-0.39, 0.29) is 5.91 Å². The van der Waals surface area contributed by atoms with E-state index in [0.29, 0.717) is 17.5 Å². The molecule has 0 aliphatic heterocycles. The quantitative estimate of drug-likeness (QED) is 0.807. The molecule has 92 valence electrons. The summed E-state index contributed by atoms with van der Waals surface area (Å²) in [6.45, 7) is 0.723. The second kappa shape index (κ2) is 5.72. The minimum absolute atomic E-state index is 0.0968. The number of amides is 1. The Balaban J connectivity index is 1.77. The molecular weight excluding hydrogens is 216 g/mol. The minimum atomic E-state index is -0.0968. The highest BCUT2D eigenvalue weighted by atomic mass is 16.1. The number of nitrogens with two attached hydrogens (primary N) is 1. The van der Waals surface area contributed by atoms with Crippen LogP contribution in [0.5, 0.6) is 0 Å². The standard InChI is InChI=1S/C12H18N4O/c13-11-3-1-9(2-4-11)5-16-12(17)10-6-14-8-15-7-10/h6-9,11H,1-5,13H2,(H,16,17). The van der Waals surface area contributed by atoms with Crippen molar-refractivity contribution in [2.45, 2.75) is 31.7 Å². The summed E-state index contributed by atoms with van der Waals surface area (Å²) in [7, 11) is 0. The van der Waals surface area contributed by atoms with Gasteiger partial charge < -0.3 is 11.1 Å². The maximum Gasteiger partial charge on any atom is 0.254 e. The number of aromatic nitrogens is 2. The Labute approximate surface area is 101 Å². The van der Waals surface area contributed by atoms with Crippen LogP contribution in [-0.4, -0.2) is 28.5 Å². The monoisotopic (exact) mass is 234 g/mol. The van der Waals surface area contributed by atoms with Gasteiger partial charge in [-0.15, -0.1) is 0 Å². The first-order valence-electron chi connectivity index (χ1n) is 6.04. The fraction of sp³-hybridized carbons (Fsp3) is 0.583. The first-order chi connectivity index (χ1) is 8.25. The second-order valence-electron chi connectivity index (χ2n) is 4.62. The molecule has 1 aromatic heterocycles.